The standard InChI is InChI=1S/C28H32N2O3/c1-32-26-11-10-21(17-27(26)33-23-7-3-4-8-23)16-20-12-14-30(15-13-20)28(31)25-19-29-18-22-6-2-5-9-24(22)25/h2,5-6,9-11,17-20,23H,3-4,7-8,12-16H2,1H3. The summed E-state index contributed by atoms with van der Waals surface area (Å²) in [4.78, 5) is 19.5. The van der Waals surface area contributed by atoms with Crippen LogP contribution in [0.15, 0.2) is 54.9 Å². The summed E-state index contributed by atoms with van der Waals surface area (Å²) < 4.78 is 11.8. The molecule has 0 unspecified atom stereocenters. The molecular weight excluding hydrogens is 412 g/mol. The highest BCUT2D eigenvalue weighted by molar-refractivity contribution is 6.06. The molecule has 1 saturated carbocycles. The molecule has 1 amide bonds. The molecule has 5 heteroatoms. The molecule has 1 aliphatic carbocycles. The minimum Gasteiger partial charge on any atom is -0.493 e. The van der Waals surface area contributed by atoms with Gasteiger partial charge in [0.2, 0.25) is 0 Å². The van der Waals surface area contributed by atoms with E-state index in [1.807, 2.05) is 41.4 Å². The molecule has 0 atom stereocenters. The number of ether oxygens (including phenoxy) is 2. The molecule has 0 spiro atoms. The van der Waals surface area contributed by atoms with Gasteiger partial charge < -0.3 is 14.4 Å². The van der Waals surface area contributed by atoms with Gasteiger partial charge in [-0.05, 0) is 73.9 Å². The molecule has 3 aromatic rings. The second-order valence-electron chi connectivity index (χ2n) is 9.36. The largest absolute Gasteiger partial charge is 0.493 e. The monoisotopic (exact) mass is 444 g/mol. The molecule has 2 aliphatic rings. The van der Waals surface area contributed by atoms with Crippen molar-refractivity contribution in [2.75, 3.05) is 20.2 Å². The number of aromatic nitrogens is 1. The summed E-state index contributed by atoms with van der Waals surface area (Å²) >= 11 is 0. The van der Waals surface area contributed by atoms with Crippen molar-refractivity contribution in [3.63, 3.8) is 0 Å². The highest BCUT2D eigenvalue weighted by Gasteiger charge is 2.25. The van der Waals surface area contributed by atoms with Crippen molar-refractivity contribution in [3.05, 3.63) is 66.0 Å². The number of hydrogen-bond acceptors (Lipinski definition) is 4. The molecule has 1 saturated heterocycles. The van der Waals surface area contributed by atoms with Crippen LogP contribution in [0.25, 0.3) is 10.8 Å². The SMILES string of the molecule is COc1ccc(CC2CCN(C(=O)c3cncc4ccccc34)CC2)cc1OC1CCCC1. The molecule has 33 heavy (non-hydrogen) atoms. The number of hydrogen-bond donors (Lipinski definition) is 0. The Morgan fingerprint density at radius 1 is 1.00 bits per heavy atom. The van der Waals surface area contributed by atoms with E-state index in [0.717, 1.165) is 67.5 Å². The lowest BCUT2D eigenvalue weighted by molar-refractivity contribution is 0.0692. The quantitative estimate of drug-likeness (QED) is 0.492. The number of amides is 1. The summed E-state index contributed by atoms with van der Waals surface area (Å²) in [5, 5.41) is 1.99. The van der Waals surface area contributed by atoms with E-state index in [0.29, 0.717) is 17.6 Å². The molecule has 0 radical (unpaired) electrons. The highest BCUT2D eigenvalue weighted by atomic mass is 16.5. The summed E-state index contributed by atoms with van der Waals surface area (Å²) in [6.07, 6.45) is 11.6. The molecule has 0 bridgehead atoms. The number of methoxy groups -OCH3 is 1. The van der Waals surface area contributed by atoms with Crippen LogP contribution in [-0.4, -0.2) is 42.1 Å². The van der Waals surface area contributed by atoms with Crippen molar-refractivity contribution in [2.45, 2.75) is 51.0 Å². The van der Waals surface area contributed by atoms with Crippen LogP contribution in [0.2, 0.25) is 0 Å². The second-order valence-corrected chi connectivity index (χ2v) is 9.36. The lowest BCUT2D eigenvalue weighted by Crippen LogP contribution is -2.39. The van der Waals surface area contributed by atoms with E-state index in [1.165, 1.54) is 18.4 Å². The molecule has 5 rings (SSSR count). The maximum atomic E-state index is 13.2. The first-order valence-corrected chi connectivity index (χ1v) is 12.2. The lowest BCUT2D eigenvalue weighted by Gasteiger charge is -2.32. The van der Waals surface area contributed by atoms with Gasteiger partial charge in [0.25, 0.3) is 5.91 Å². The fourth-order valence-electron chi connectivity index (χ4n) is 5.26. The van der Waals surface area contributed by atoms with Crippen LogP contribution in [0.3, 0.4) is 0 Å². The third kappa shape index (κ3) is 4.82. The number of rotatable bonds is 6. The minimum atomic E-state index is 0.0921. The summed E-state index contributed by atoms with van der Waals surface area (Å²) in [5.41, 5.74) is 1.99. The van der Waals surface area contributed by atoms with E-state index >= 15 is 0 Å². The molecule has 1 aliphatic heterocycles. The summed E-state index contributed by atoms with van der Waals surface area (Å²) in [6, 6.07) is 14.3. The van der Waals surface area contributed by atoms with Crippen molar-refractivity contribution in [3.8, 4) is 11.5 Å². The van der Waals surface area contributed by atoms with Gasteiger partial charge in [0.15, 0.2) is 11.5 Å². The Labute approximate surface area is 195 Å². The topological polar surface area (TPSA) is 51.7 Å². The van der Waals surface area contributed by atoms with Crippen molar-refractivity contribution < 1.29 is 14.3 Å². The zero-order valence-electron chi connectivity index (χ0n) is 19.3. The van der Waals surface area contributed by atoms with Gasteiger partial charge in [-0.15, -0.1) is 0 Å². The predicted molar refractivity (Wildman–Crippen MR) is 130 cm³/mol. The number of benzene rings is 2. The van der Waals surface area contributed by atoms with E-state index in [9.17, 15) is 4.79 Å². The molecular formula is C28H32N2O3. The van der Waals surface area contributed by atoms with Gasteiger partial charge in [-0.3, -0.25) is 9.78 Å². The van der Waals surface area contributed by atoms with E-state index in [2.05, 4.69) is 17.1 Å². The second kappa shape index (κ2) is 9.82. The van der Waals surface area contributed by atoms with Gasteiger partial charge >= 0.3 is 0 Å². The number of nitrogens with zero attached hydrogens (tertiary/aromatic N) is 2. The Kier molecular flexibility index (Phi) is 6.47. The van der Waals surface area contributed by atoms with Crippen LogP contribution >= 0.6 is 0 Å². The van der Waals surface area contributed by atoms with Crippen LogP contribution in [-0.2, 0) is 6.42 Å². The first-order valence-electron chi connectivity index (χ1n) is 12.2. The number of carbonyl (C=O) groups is 1. The molecule has 2 fully saturated rings. The molecule has 0 N–H and O–H groups in total. The van der Waals surface area contributed by atoms with Crippen LogP contribution in [0.1, 0.15) is 54.4 Å². The predicted octanol–water partition coefficient (Wildman–Crippen LogP) is 5.66. The third-order valence-electron chi connectivity index (χ3n) is 7.15. The van der Waals surface area contributed by atoms with Gasteiger partial charge in [-0.25, -0.2) is 0 Å². The Morgan fingerprint density at radius 3 is 2.58 bits per heavy atom. The fraction of sp³-hybridized carbons (Fsp3) is 0.429. The normalized spacial score (nSPS) is 17.4. The van der Waals surface area contributed by atoms with Crippen molar-refractivity contribution in [1.82, 2.24) is 9.88 Å². The van der Waals surface area contributed by atoms with Gasteiger partial charge in [-0.2, -0.15) is 0 Å². The minimum absolute atomic E-state index is 0.0921. The zero-order chi connectivity index (χ0) is 22.6. The fourth-order valence-corrected chi connectivity index (χ4v) is 5.26. The average Bonchev–Trinajstić information content (AvgIpc) is 3.37. The Balaban J connectivity index is 1.22. The lowest BCUT2D eigenvalue weighted by atomic mass is 9.89. The van der Waals surface area contributed by atoms with Gasteiger partial charge in [0.05, 0.1) is 18.8 Å². The van der Waals surface area contributed by atoms with E-state index in [4.69, 9.17) is 9.47 Å². The molecule has 1 aromatic heterocycles. The average molecular weight is 445 g/mol. The molecule has 2 heterocycles. The van der Waals surface area contributed by atoms with Gasteiger partial charge in [0.1, 0.15) is 0 Å². The van der Waals surface area contributed by atoms with E-state index < -0.39 is 0 Å². The highest BCUT2D eigenvalue weighted by Crippen LogP contribution is 2.34. The third-order valence-corrected chi connectivity index (χ3v) is 7.15. The van der Waals surface area contributed by atoms with Crippen LogP contribution < -0.4 is 9.47 Å². The first-order chi connectivity index (χ1) is 16.2. The summed E-state index contributed by atoms with van der Waals surface area (Å²) in [7, 11) is 1.70. The number of pyridine rings is 1. The van der Waals surface area contributed by atoms with Crippen LogP contribution in [0.5, 0.6) is 11.5 Å². The van der Waals surface area contributed by atoms with Crippen molar-refractivity contribution >= 4 is 16.7 Å². The van der Waals surface area contributed by atoms with Crippen LogP contribution in [0.4, 0.5) is 0 Å². The summed E-state index contributed by atoms with van der Waals surface area (Å²) in [6.45, 7) is 1.57. The first kappa shape index (κ1) is 21.7. The number of piperidine rings is 1. The molecule has 2 aromatic carbocycles. The number of fused-ring (bicyclic) bond motifs is 1. The van der Waals surface area contributed by atoms with Crippen molar-refractivity contribution in [2.24, 2.45) is 5.92 Å². The Morgan fingerprint density at radius 2 is 1.79 bits per heavy atom. The number of likely N-dealkylation sites (tertiary alicyclic amines) is 1. The number of carbonyl (C=O) groups excluding carboxylic acids is 1. The Bertz CT molecular complexity index is 1110. The maximum absolute atomic E-state index is 13.2. The summed E-state index contributed by atoms with van der Waals surface area (Å²) in [5.74, 6) is 2.34. The smallest absolute Gasteiger partial charge is 0.256 e. The molecule has 5 nitrogen and oxygen atoms in total. The maximum Gasteiger partial charge on any atom is 0.256 e. The van der Waals surface area contributed by atoms with E-state index in [-0.39, 0.29) is 5.91 Å². The van der Waals surface area contributed by atoms with Crippen LogP contribution in [0, 0.1) is 5.92 Å². The molecule has 172 valence electrons. The van der Waals surface area contributed by atoms with E-state index in [1.54, 1.807) is 13.3 Å². The zero-order valence-corrected chi connectivity index (χ0v) is 19.3. The Hall–Kier alpha value is -3.08. The van der Waals surface area contributed by atoms with Gasteiger partial charge in [-0.1, -0.05) is 30.3 Å². The van der Waals surface area contributed by atoms with Gasteiger partial charge in [0, 0.05) is 30.9 Å². The van der Waals surface area contributed by atoms with Crippen molar-refractivity contribution in [1.29, 1.82) is 0 Å².